The second-order valence-corrected chi connectivity index (χ2v) is 6.41. The summed E-state index contributed by atoms with van der Waals surface area (Å²) >= 11 is 1.25. The highest BCUT2D eigenvalue weighted by atomic mass is 32.2. The zero-order valence-electron chi connectivity index (χ0n) is 12.8. The third kappa shape index (κ3) is 4.59. The van der Waals surface area contributed by atoms with Crippen LogP contribution < -0.4 is 11.0 Å². The Morgan fingerprint density at radius 3 is 3.18 bits per heavy atom. The maximum Gasteiger partial charge on any atom is 0.344 e. The predicted octanol–water partition coefficient (Wildman–Crippen LogP) is -0.00640. The average molecular weight is 330 g/mol. The maximum atomic E-state index is 11.9. The van der Waals surface area contributed by atoms with E-state index in [9.17, 15) is 9.59 Å². The van der Waals surface area contributed by atoms with Gasteiger partial charge in [-0.3, -0.25) is 9.36 Å². The lowest BCUT2D eigenvalue weighted by atomic mass is 10.2. The summed E-state index contributed by atoms with van der Waals surface area (Å²) in [7, 11) is 1.58. The molecule has 1 aromatic rings. The Morgan fingerprint density at radius 1 is 1.68 bits per heavy atom. The first-order chi connectivity index (χ1) is 10.6. The van der Waals surface area contributed by atoms with E-state index in [2.05, 4.69) is 15.5 Å². The molecule has 1 aromatic heterocycles. The van der Waals surface area contributed by atoms with Crippen LogP contribution in [0.5, 0.6) is 0 Å². The summed E-state index contributed by atoms with van der Waals surface area (Å²) in [5.41, 5.74) is -0.273. The molecule has 0 unspecified atom stereocenters. The summed E-state index contributed by atoms with van der Waals surface area (Å²) in [6.45, 7) is 3.91. The van der Waals surface area contributed by atoms with Gasteiger partial charge in [-0.15, -0.1) is 5.10 Å². The first-order valence-corrected chi connectivity index (χ1v) is 8.20. The highest BCUT2D eigenvalue weighted by molar-refractivity contribution is 8.00. The fraction of sp³-hybridized carbons (Fsp3) is 0.769. The molecule has 1 aliphatic heterocycles. The maximum absolute atomic E-state index is 11.9. The number of hydrogen-bond donors (Lipinski definition) is 2. The summed E-state index contributed by atoms with van der Waals surface area (Å²) < 4.78 is 12.0. The van der Waals surface area contributed by atoms with Gasteiger partial charge >= 0.3 is 5.69 Å². The van der Waals surface area contributed by atoms with Gasteiger partial charge in [-0.1, -0.05) is 11.8 Å². The molecule has 1 saturated heterocycles. The van der Waals surface area contributed by atoms with Crippen molar-refractivity contribution in [2.24, 2.45) is 0 Å². The number of ether oxygens (including phenoxy) is 2. The molecule has 2 rings (SSSR count). The number of carbonyl (C=O) groups is 1. The molecular formula is C13H22N4O4S. The molecule has 124 valence electrons. The Bertz CT molecular complexity index is 538. The summed E-state index contributed by atoms with van der Waals surface area (Å²) in [5, 5.41) is 9.37. The van der Waals surface area contributed by atoms with E-state index in [1.165, 1.54) is 11.8 Å². The fourth-order valence-corrected chi connectivity index (χ4v) is 3.07. The summed E-state index contributed by atoms with van der Waals surface area (Å²) in [6.07, 6.45) is 1.99. The minimum atomic E-state index is -0.352. The van der Waals surface area contributed by atoms with Crippen molar-refractivity contribution >= 4 is 17.7 Å². The Balaban J connectivity index is 1.94. The molecule has 1 amide bonds. The lowest BCUT2D eigenvalue weighted by Gasteiger charge is -2.14. The number of rotatable bonds is 8. The van der Waals surface area contributed by atoms with Crippen LogP contribution in [-0.2, 0) is 20.8 Å². The number of amides is 1. The van der Waals surface area contributed by atoms with Crippen LogP contribution in [0.3, 0.4) is 0 Å². The van der Waals surface area contributed by atoms with Crippen LogP contribution in [0.15, 0.2) is 9.95 Å². The molecular weight excluding hydrogens is 308 g/mol. The van der Waals surface area contributed by atoms with Crippen molar-refractivity contribution in [3.05, 3.63) is 10.5 Å². The number of H-pyrrole nitrogens is 1. The van der Waals surface area contributed by atoms with E-state index in [-0.39, 0.29) is 23.0 Å². The van der Waals surface area contributed by atoms with E-state index in [1.54, 1.807) is 18.6 Å². The molecule has 22 heavy (non-hydrogen) atoms. The third-order valence-electron chi connectivity index (χ3n) is 3.39. The normalized spacial score (nSPS) is 19.3. The lowest BCUT2D eigenvalue weighted by Crippen LogP contribution is -2.33. The van der Waals surface area contributed by atoms with E-state index in [1.807, 2.05) is 0 Å². The van der Waals surface area contributed by atoms with Gasteiger partial charge in [-0.2, -0.15) is 0 Å². The van der Waals surface area contributed by atoms with Crippen LogP contribution in [0, 0.1) is 0 Å². The van der Waals surface area contributed by atoms with Crippen molar-refractivity contribution in [3.63, 3.8) is 0 Å². The number of aromatic amines is 1. The monoisotopic (exact) mass is 330 g/mol. The molecule has 2 N–H and O–H groups in total. The number of hydrogen-bond acceptors (Lipinski definition) is 6. The van der Waals surface area contributed by atoms with Crippen molar-refractivity contribution in [1.82, 2.24) is 20.1 Å². The number of methoxy groups -OCH3 is 1. The Labute approximate surface area is 132 Å². The molecule has 1 fully saturated rings. The van der Waals surface area contributed by atoms with Gasteiger partial charge < -0.3 is 14.8 Å². The lowest BCUT2D eigenvalue weighted by molar-refractivity contribution is -0.120. The van der Waals surface area contributed by atoms with Gasteiger partial charge in [0.05, 0.1) is 24.5 Å². The molecule has 0 aliphatic carbocycles. The number of nitrogens with zero attached hydrogens (tertiary/aromatic N) is 2. The van der Waals surface area contributed by atoms with Crippen molar-refractivity contribution in [1.29, 1.82) is 0 Å². The number of aromatic nitrogens is 3. The molecule has 8 nitrogen and oxygen atoms in total. The summed E-state index contributed by atoms with van der Waals surface area (Å²) in [6, 6.07) is 0. The van der Waals surface area contributed by atoms with E-state index < -0.39 is 0 Å². The van der Waals surface area contributed by atoms with E-state index in [4.69, 9.17) is 9.47 Å². The molecule has 0 aromatic carbocycles. The molecule has 0 bridgehead atoms. The van der Waals surface area contributed by atoms with Crippen LogP contribution in [0.4, 0.5) is 0 Å². The third-order valence-corrected chi connectivity index (χ3v) is 4.48. The first kappa shape index (κ1) is 17.0. The zero-order valence-corrected chi connectivity index (χ0v) is 13.6. The standard InChI is InChI=1S/C13H22N4O4S/c1-9(11(18)14-5-7-20-2)22-13-16-15-12(19)17(13)8-10-4-3-6-21-10/h9-10H,3-8H2,1-2H3,(H,14,18)(H,15,19)/t9-,10-/m0/s1. The van der Waals surface area contributed by atoms with E-state index >= 15 is 0 Å². The molecule has 1 aliphatic rings. The van der Waals surface area contributed by atoms with Crippen molar-refractivity contribution < 1.29 is 14.3 Å². The van der Waals surface area contributed by atoms with Crippen molar-refractivity contribution in [2.75, 3.05) is 26.9 Å². The molecule has 2 heterocycles. The average Bonchev–Trinajstić information content (AvgIpc) is 3.12. The summed E-state index contributed by atoms with van der Waals surface area (Å²) in [4.78, 5) is 23.8. The topological polar surface area (TPSA) is 98.2 Å². The first-order valence-electron chi connectivity index (χ1n) is 7.32. The molecule has 0 spiro atoms. The van der Waals surface area contributed by atoms with Gasteiger partial charge in [0.15, 0.2) is 5.16 Å². The molecule has 2 atom stereocenters. The number of thioether (sulfide) groups is 1. The van der Waals surface area contributed by atoms with Gasteiger partial charge in [0.25, 0.3) is 0 Å². The Hall–Kier alpha value is -1.32. The van der Waals surface area contributed by atoms with Crippen LogP contribution >= 0.6 is 11.8 Å². The molecule has 0 saturated carbocycles. The van der Waals surface area contributed by atoms with Crippen molar-refractivity contribution in [2.45, 2.75) is 42.8 Å². The predicted molar refractivity (Wildman–Crippen MR) is 82.0 cm³/mol. The fourth-order valence-electron chi connectivity index (χ4n) is 2.18. The van der Waals surface area contributed by atoms with Crippen LogP contribution in [0.25, 0.3) is 0 Å². The van der Waals surface area contributed by atoms with Crippen LogP contribution in [0.2, 0.25) is 0 Å². The Morgan fingerprint density at radius 2 is 2.50 bits per heavy atom. The minimum absolute atomic E-state index is 0.0421. The minimum Gasteiger partial charge on any atom is -0.383 e. The SMILES string of the molecule is COCCNC(=O)[C@H](C)Sc1n[nH]c(=O)n1C[C@@H]1CCCO1. The smallest absolute Gasteiger partial charge is 0.344 e. The molecule has 9 heteroatoms. The van der Waals surface area contributed by atoms with Gasteiger partial charge in [0.2, 0.25) is 5.91 Å². The van der Waals surface area contributed by atoms with Crippen LogP contribution in [0.1, 0.15) is 19.8 Å². The van der Waals surface area contributed by atoms with Gasteiger partial charge in [-0.25, -0.2) is 9.89 Å². The van der Waals surface area contributed by atoms with Crippen LogP contribution in [-0.4, -0.2) is 58.9 Å². The van der Waals surface area contributed by atoms with Crippen molar-refractivity contribution in [3.8, 4) is 0 Å². The van der Waals surface area contributed by atoms with E-state index in [0.717, 1.165) is 19.4 Å². The Kier molecular flexibility index (Phi) is 6.47. The second-order valence-electron chi connectivity index (χ2n) is 5.10. The van der Waals surface area contributed by atoms with E-state index in [0.29, 0.717) is 24.9 Å². The number of carbonyl (C=O) groups excluding carboxylic acids is 1. The highest BCUT2D eigenvalue weighted by Gasteiger charge is 2.22. The summed E-state index contributed by atoms with van der Waals surface area (Å²) in [5.74, 6) is -0.110. The quantitative estimate of drug-likeness (QED) is 0.514. The second kappa shape index (κ2) is 8.35. The molecule has 0 radical (unpaired) electrons. The highest BCUT2D eigenvalue weighted by Crippen LogP contribution is 2.21. The number of nitrogens with one attached hydrogen (secondary N) is 2. The van der Waals surface area contributed by atoms with Gasteiger partial charge in [-0.05, 0) is 19.8 Å². The zero-order chi connectivity index (χ0) is 15.9. The van der Waals surface area contributed by atoms with Gasteiger partial charge in [0.1, 0.15) is 0 Å². The van der Waals surface area contributed by atoms with Gasteiger partial charge in [0, 0.05) is 20.3 Å². The largest absolute Gasteiger partial charge is 0.383 e.